The molecule has 2 aromatic rings. The van der Waals surface area contributed by atoms with Crippen LogP contribution in [0, 0.1) is 5.92 Å². The summed E-state index contributed by atoms with van der Waals surface area (Å²) in [6, 6.07) is 7.81. The van der Waals surface area contributed by atoms with Crippen LogP contribution in [0.2, 0.25) is 0 Å². The van der Waals surface area contributed by atoms with Crippen LogP contribution >= 0.6 is 11.3 Å². The SMILES string of the molecule is CCC(C)C(N)C(=O)N1CCN(c2nc3ccccc3s2)CC1. The quantitative estimate of drug-likeness (QED) is 0.933. The summed E-state index contributed by atoms with van der Waals surface area (Å²) in [4.78, 5) is 21.3. The van der Waals surface area contributed by atoms with Crippen molar-refractivity contribution < 1.29 is 4.79 Å². The van der Waals surface area contributed by atoms with Crippen LogP contribution in [0.3, 0.4) is 0 Å². The van der Waals surface area contributed by atoms with Crippen LogP contribution < -0.4 is 10.6 Å². The number of carbonyl (C=O) groups excluding carboxylic acids is 1. The molecule has 0 bridgehead atoms. The molecule has 0 aliphatic carbocycles. The lowest BCUT2D eigenvalue weighted by atomic mass is 9.98. The molecule has 1 fully saturated rings. The van der Waals surface area contributed by atoms with Crippen molar-refractivity contribution in [2.24, 2.45) is 11.7 Å². The fraction of sp³-hybridized carbons (Fsp3) is 0.529. The number of hydrogen-bond acceptors (Lipinski definition) is 5. The van der Waals surface area contributed by atoms with Crippen LogP contribution in [0.1, 0.15) is 20.3 Å². The summed E-state index contributed by atoms with van der Waals surface area (Å²) in [5.41, 5.74) is 7.13. The minimum absolute atomic E-state index is 0.0864. The van der Waals surface area contributed by atoms with E-state index in [9.17, 15) is 4.79 Å². The Morgan fingerprint density at radius 3 is 2.65 bits per heavy atom. The minimum atomic E-state index is -0.381. The van der Waals surface area contributed by atoms with Gasteiger partial charge in [0.2, 0.25) is 5.91 Å². The summed E-state index contributed by atoms with van der Waals surface area (Å²) in [6.45, 7) is 7.19. The smallest absolute Gasteiger partial charge is 0.239 e. The third-order valence-corrected chi connectivity index (χ3v) is 5.78. The number of amides is 1. The van der Waals surface area contributed by atoms with Gasteiger partial charge in [-0.2, -0.15) is 0 Å². The van der Waals surface area contributed by atoms with E-state index in [1.165, 1.54) is 4.70 Å². The fourth-order valence-electron chi connectivity index (χ4n) is 2.82. The number of fused-ring (bicyclic) bond motifs is 1. The van der Waals surface area contributed by atoms with Crippen LogP contribution in [-0.2, 0) is 4.79 Å². The summed E-state index contributed by atoms with van der Waals surface area (Å²) in [6.07, 6.45) is 0.929. The number of piperazine rings is 1. The van der Waals surface area contributed by atoms with Crippen molar-refractivity contribution in [1.29, 1.82) is 0 Å². The van der Waals surface area contributed by atoms with E-state index in [0.717, 1.165) is 43.2 Å². The molecule has 6 heteroatoms. The fourth-order valence-corrected chi connectivity index (χ4v) is 3.84. The Kier molecular flexibility index (Phi) is 4.82. The number of nitrogens with zero attached hydrogens (tertiary/aromatic N) is 3. The summed E-state index contributed by atoms with van der Waals surface area (Å²) < 4.78 is 1.21. The summed E-state index contributed by atoms with van der Waals surface area (Å²) >= 11 is 1.71. The van der Waals surface area contributed by atoms with Crippen molar-refractivity contribution in [2.45, 2.75) is 26.3 Å². The van der Waals surface area contributed by atoms with Gasteiger partial charge in [0, 0.05) is 26.2 Å². The zero-order valence-corrected chi connectivity index (χ0v) is 14.6. The number of carbonyl (C=O) groups is 1. The van der Waals surface area contributed by atoms with Gasteiger partial charge in [-0.1, -0.05) is 43.7 Å². The Labute approximate surface area is 141 Å². The van der Waals surface area contributed by atoms with E-state index in [0.29, 0.717) is 0 Å². The molecule has 2 N–H and O–H groups in total. The van der Waals surface area contributed by atoms with Gasteiger partial charge in [0.05, 0.1) is 16.3 Å². The van der Waals surface area contributed by atoms with Crippen LogP contribution in [0.4, 0.5) is 5.13 Å². The van der Waals surface area contributed by atoms with Crippen molar-refractivity contribution in [2.75, 3.05) is 31.1 Å². The van der Waals surface area contributed by atoms with Crippen LogP contribution in [0.5, 0.6) is 0 Å². The van der Waals surface area contributed by atoms with Gasteiger partial charge in [-0.05, 0) is 18.1 Å². The van der Waals surface area contributed by atoms with Gasteiger partial charge in [-0.25, -0.2) is 4.98 Å². The van der Waals surface area contributed by atoms with E-state index < -0.39 is 0 Å². The zero-order valence-electron chi connectivity index (χ0n) is 13.7. The largest absolute Gasteiger partial charge is 0.345 e. The second-order valence-corrected chi connectivity index (χ2v) is 7.20. The van der Waals surface area contributed by atoms with Crippen molar-refractivity contribution in [1.82, 2.24) is 9.88 Å². The Morgan fingerprint density at radius 2 is 2.00 bits per heavy atom. The molecule has 0 radical (unpaired) electrons. The number of para-hydroxylation sites is 1. The molecule has 124 valence electrons. The first-order chi connectivity index (χ1) is 11.1. The molecule has 2 heterocycles. The van der Waals surface area contributed by atoms with Crippen molar-refractivity contribution >= 4 is 32.6 Å². The first-order valence-corrected chi connectivity index (χ1v) is 9.06. The zero-order chi connectivity index (χ0) is 16.4. The normalized spacial score (nSPS) is 18.2. The van der Waals surface area contributed by atoms with E-state index in [4.69, 9.17) is 10.7 Å². The molecular formula is C17H24N4OS. The lowest BCUT2D eigenvalue weighted by Crippen LogP contribution is -2.54. The first-order valence-electron chi connectivity index (χ1n) is 8.25. The molecule has 1 aromatic heterocycles. The Hall–Kier alpha value is -1.66. The van der Waals surface area contributed by atoms with Crippen molar-refractivity contribution in [3.63, 3.8) is 0 Å². The Bertz CT molecular complexity index is 645. The van der Waals surface area contributed by atoms with E-state index >= 15 is 0 Å². The highest BCUT2D eigenvalue weighted by Gasteiger charge is 2.28. The third-order valence-electron chi connectivity index (χ3n) is 4.69. The van der Waals surface area contributed by atoms with Crippen molar-refractivity contribution in [3.05, 3.63) is 24.3 Å². The lowest BCUT2D eigenvalue weighted by Gasteiger charge is -2.36. The maximum absolute atomic E-state index is 12.5. The number of benzene rings is 1. The first kappa shape index (κ1) is 16.2. The average molecular weight is 332 g/mol. The van der Waals surface area contributed by atoms with E-state index in [1.807, 2.05) is 30.0 Å². The summed E-state index contributed by atoms with van der Waals surface area (Å²) in [7, 11) is 0. The van der Waals surface area contributed by atoms with Gasteiger partial charge in [-0.15, -0.1) is 0 Å². The predicted molar refractivity (Wildman–Crippen MR) is 95.8 cm³/mol. The topological polar surface area (TPSA) is 62.5 Å². The molecule has 1 amide bonds. The second kappa shape index (κ2) is 6.84. The number of thiazole rings is 1. The molecule has 2 unspecified atom stereocenters. The molecule has 1 aliphatic rings. The number of anilines is 1. The highest BCUT2D eigenvalue weighted by molar-refractivity contribution is 7.22. The second-order valence-electron chi connectivity index (χ2n) is 6.19. The lowest BCUT2D eigenvalue weighted by molar-refractivity contribution is -0.134. The highest BCUT2D eigenvalue weighted by Crippen LogP contribution is 2.29. The maximum Gasteiger partial charge on any atom is 0.239 e. The van der Waals surface area contributed by atoms with Gasteiger partial charge >= 0.3 is 0 Å². The predicted octanol–water partition coefficient (Wildman–Crippen LogP) is 2.32. The van der Waals surface area contributed by atoms with Gasteiger partial charge in [-0.3, -0.25) is 4.79 Å². The van der Waals surface area contributed by atoms with E-state index in [1.54, 1.807) is 11.3 Å². The molecule has 5 nitrogen and oxygen atoms in total. The van der Waals surface area contributed by atoms with E-state index in [2.05, 4.69) is 17.9 Å². The van der Waals surface area contributed by atoms with Crippen LogP contribution in [0.15, 0.2) is 24.3 Å². The standard InChI is InChI=1S/C17H24N4OS/c1-3-12(2)15(18)16(22)20-8-10-21(11-9-20)17-19-13-6-4-5-7-14(13)23-17/h4-7,12,15H,3,8-11,18H2,1-2H3. The molecule has 0 saturated carbocycles. The number of rotatable bonds is 4. The number of aromatic nitrogens is 1. The monoisotopic (exact) mass is 332 g/mol. The van der Waals surface area contributed by atoms with Crippen LogP contribution in [-0.4, -0.2) is 48.0 Å². The number of hydrogen-bond donors (Lipinski definition) is 1. The maximum atomic E-state index is 12.5. The van der Waals surface area contributed by atoms with Crippen molar-refractivity contribution in [3.8, 4) is 0 Å². The van der Waals surface area contributed by atoms with Crippen LogP contribution in [0.25, 0.3) is 10.2 Å². The molecule has 0 spiro atoms. The molecule has 2 atom stereocenters. The molecule has 1 aromatic carbocycles. The number of nitrogens with two attached hydrogens (primary N) is 1. The third kappa shape index (κ3) is 3.33. The molecule has 1 aliphatic heterocycles. The Morgan fingerprint density at radius 1 is 1.30 bits per heavy atom. The van der Waals surface area contributed by atoms with Gasteiger partial charge in [0.1, 0.15) is 0 Å². The highest BCUT2D eigenvalue weighted by atomic mass is 32.1. The van der Waals surface area contributed by atoms with Gasteiger partial charge < -0.3 is 15.5 Å². The summed E-state index contributed by atoms with van der Waals surface area (Å²) in [5, 5.41) is 1.05. The molecule has 3 rings (SSSR count). The van der Waals surface area contributed by atoms with Gasteiger partial charge in [0.15, 0.2) is 5.13 Å². The minimum Gasteiger partial charge on any atom is -0.345 e. The summed E-state index contributed by atoms with van der Waals surface area (Å²) in [5.74, 6) is 0.313. The van der Waals surface area contributed by atoms with E-state index in [-0.39, 0.29) is 17.9 Å². The molecular weight excluding hydrogens is 308 g/mol. The molecule has 1 saturated heterocycles. The Balaban J connectivity index is 1.63. The average Bonchev–Trinajstić information content (AvgIpc) is 3.04. The van der Waals surface area contributed by atoms with Gasteiger partial charge in [0.25, 0.3) is 0 Å². The molecule has 23 heavy (non-hydrogen) atoms.